The van der Waals surface area contributed by atoms with Gasteiger partial charge in [-0.05, 0) is 0 Å². The van der Waals surface area contributed by atoms with Crippen molar-refractivity contribution in [1.82, 2.24) is 0 Å². The molecule has 0 spiro atoms. The third kappa shape index (κ3) is 0.801. The van der Waals surface area contributed by atoms with Gasteiger partial charge in [-0.3, -0.25) is 4.79 Å². The minimum Gasteiger partial charge on any atom is -0.434 e. The number of nitrogens with two attached hydrogens (primary N) is 1. The molecule has 0 bridgehead atoms. The van der Waals surface area contributed by atoms with Crippen LogP contribution < -0.4 is 5.73 Å². The van der Waals surface area contributed by atoms with Crippen LogP contribution in [0.15, 0.2) is 0 Å². The van der Waals surface area contributed by atoms with E-state index >= 15 is 0 Å². The Morgan fingerprint density at radius 2 is 2.50 bits per heavy atom. The van der Waals surface area contributed by atoms with Gasteiger partial charge in [0, 0.05) is 0 Å². The minimum absolute atomic E-state index is 0.126. The number of esters is 1. The van der Waals surface area contributed by atoms with Crippen molar-refractivity contribution in [2.75, 3.05) is 0 Å². The summed E-state index contributed by atoms with van der Waals surface area (Å²) in [5, 5.41) is 8.60. The second-order valence-electron chi connectivity index (χ2n) is 1.75. The van der Waals surface area contributed by atoms with Gasteiger partial charge in [0.2, 0.25) is 6.29 Å². The molecule has 2 atom stereocenters. The molecule has 0 amide bonds. The Morgan fingerprint density at radius 1 is 1.88 bits per heavy atom. The molecule has 3 N–H and O–H groups in total. The molecule has 1 saturated heterocycles. The predicted molar refractivity (Wildman–Crippen MR) is 24.7 cm³/mol. The van der Waals surface area contributed by atoms with Crippen LogP contribution in [0.5, 0.6) is 0 Å². The van der Waals surface area contributed by atoms with Crippen LogP contribution in [0.25, 0.3) is 0 Å². The van der Waals surface area contributed by atoms with Crippen molar-refractivity contribution >= 4 is 5.97 Å². The van der Waals surface area contributed by atoms with Crippen LogP contribution in [0, 0.1) is 0 Å². The van der Waals surface area contributed by atoms with Crippen LogP contribution in [0.2, 0.25) is 0 Å². The number of cyclic esters (lactones) is 1. The summed E-state index contributed by atoms with van der Waals surface area (Å²) >= 11 is 0. The molecule has 1 aliphatic rings. The Kier molecular flexibility index (Phi) is 1.19. The van der Waals surface area contributed by atoms with Gasteiger partial charge in [-0.1, -0.05) is 0 Å². The lowest BCUT2D eigenvalue weighted by molar-refractivity contribution is -0.154. The van der Waals surface area contributed by atoms with Crippen molar-refractivity contribution in [2.45, 2.75) is 18.8 Å². The third-order valence-corrected chi connectivity index (χ3v) is 1.02. The number of carbonyl (C=O) groups excluding carboxylic acids is 1. The fourth-order valence-electron chi connectivity index (χ4n) is 0.563. The number of carbonyl (C=O) groups is 1. The number of aliphatic hydroxyl groups excluding tert-OH is 1. The molecule has 1 aliphatic heterocycles. The van der Waals surface area contributed by atoms with E-state index in [1.807, 2.05) is 0 Å². The highest BCUT2D eigenvalue weighted by Crippen LogP contribution is 2.08. The summed E-state index contributed by atoms with van der Waals surface area (Å²) in [5.74, 6) is -0.426. The number of rotatable bonds is 0. The molecular weight excluding hydrogens is 110 g/mol. The summed E-state index contributed by atoms with van der Waals surface area (Å²) in [6, 6.07) is -0.525. The highest BCUT2D eigenvalue weighted by Gasteiger charge is 2.29. The van der Waals surface area contributed by atoms with Gasteiger partial charge < -0.3 is 15.6 Å². The van der Waals surface area contributed by atoms with E-state index in [0.29, 0.717) is 0 Å². The molecule has 0 aromatic heterocycles. The first-order chi connectivity index (χ1) is 3.70. The summed E-state index contributed by atoms with van der Waals surface area (Å²) < 4.78 is 4.27. The van der Waals surface area contributed by atoms with Gasteiger partial charge in [0.15, 0.2) is 0 Å². The van der Waals surface area contributed by atoms with E-state index < -0.39 is 18.3 Å². The molecule has 1 heterocycles. The zero-order valence-electron chi connectivity index (χ0n) is 4.20. The van der Waals surface area contributed by atoms with Crippen molar-refractivity contribution in [2.24, 2.45) is 5.73 Å². The van der Waals surface area contributed by atoms with Crippen LogP contribution in [-0.4, -0.2) is 23.4 Å². The van der Waals surface area contributed by atoms with Gasteiger partial charge in [0.25, 0.3) is 0 Å². The maximum absolute atomic E-state index is 10.2. The Hall–Kier alpha value is -0.610. The molecule has 1 fully saturated rings. The fourth-order valence-corrected chi connectivity index (χ4v) is 0.563. The highest BCUT2D eigenvalue weighted by molar-refractivity contribution is 5.72. The van der Waals surface area contributed by atoms with Crippen LogP contribution >= 0.6 is 0 Å². The highest BCUT2D eigenvalue weighted by atomic mass is 16.6. The number of ether oxygens (including phenoxy) is 1. The average Bonchev–Trinajstić information content (AvgIpc) is 1.85. The molecule has 0 radical (unpaired) electrons. The molecule has 1 rings (SSSR count). The van der Waals surface area contributed by atoms with E-state index in [4.69, 9.17) is 10.8 Å². The number of hydrogen-bond acceptors (Lipinski definition) is 4. The second-order valence-corrected chi connectivity index (χ2v) is 1.75. The molecular formula is C4H7NO3. The molecule has 0 aromatic carbocycles. The number of hydrogen-bond donors (Lipinski definition) is 2. The SMILES string of the molecule is N[C@H]1CC(=O)O[C@@H]1O. The maximum Gasteiger partial charge on any atom is 0.309 e. The zero-order chi connectivity index (χ0) is 6.15. The molecule has 0 unspecified atom stereocenters. The molecule has 4 nitrogen and oxygen atoms in total. The zero-order valence-corrected chi connectivity index (χ0v) is 4.20. The second kappa shape index (κ2) is 1.72. The first-order valence-corrected chi connectivity index (χ1v) is 2.33. The summed E-state index contributed by atoms with van der Waals surface area (Å²) in [6.07, 6.45) is -0.955. The van der Waals surface area contributed by atoms with Crippen LogP contribution in [0.4, 0.5) is 0 Å². The largest absolute Gasteiger partial charge is 0.434 e. The van der Waals surface area contributed by atoms with Crippen LogP contribution in [0.3, 0.4) is 0 Å². The Bertz CT molecular complexity index is 102. The van der Waals surface area contributed by atoms with Crippen molar-refractivity contribution < 1.29 is 14.6 Å². The van der Waals surface area contributed by atoms with E-state index in [1.165, 1.54) is 0 Å². The van der Waals surface area contributed by atoms with E-state index in [2.05, 4.69) is 4.74 Å². The normalized spacial score (nSPS) is 37.5. The van der Waals surface area contributed by atoms with Gasteiger partial charge >= 0.3 is 5.97 Å². The van der Waals surface area contributed by atoms with Gasteiger partial charge in [0.1, 0.15) is 0 Å². The molecule has 0 aromatic rings. The molecule has 0 saturated carbocycles. The van der Waals surface area contributed by atoms with Crippen molar-refractivity contribution in [3.8, 4) is 0 Å². The predicted octanol–water partition coefficient (Wildman–Crippen LogP) is -1.42. The van der Waals surface area contributed by atoms with Crippen molar-refractivity contribution in [3.05, 3.63) is 0 Å². The lowest BCUT2D eigenvalue weighted by atomic mass is 10.3. The van der Waals surface area contributed by atoms with E-state index in [9.17, 15) is 4.79 Å². The Morgan fingerprint density at radius 3 is 2.62 bits per heavy atom. The molecule has 46 valence electrons. The maximum atomic E-state index is 10.2. The fraction of sp³-hybridized carbons (Fsp3) is 0.750. The van der Waals surface area contributed by atoms with Crippen molar-refractivity contribution in [1.29, 1.82) is 0 Å². The summed E-state index contributed by atoms with van der Waals surface area (Å²) in [5.41, 5.74) is 5.17. The smallest absolute Gasteiger partial charge is 0.309 e. The first-order valence-electron chi connectivity index (χ1n) is 2.33. The molecule has 4 heteroatoms. The third-order valence-electron chi connectivity index (χ3n) is 1.02. The van der Waals surface area contributed by atoms with Gasteiger partial charge in [0.05, 0.1) is 12.5 Å². The summed E-state index contributed by atoms with van der Waals surface area (Å²) in [7, 11) is 0. The Labute approximate surface area is 46.2 Å². The Balaban J connectivity index is 2.51. The lowest BCUT2D eigenvalue weighted by Crippen LogP contribution is -2.29. The number of aliphatic hydroxyl groups is 1. The van der Waals surface area contributed by atoms with Gasteiger partial charge in [-0.15, -0.1) is 0 Å². The molecule has 8 heavy (non-hydrogen) atoms. The lowest BCUT2D eigenvalue weighted by Gasteiger charge is -2.02. The topological polar surface area (TPSA) is 72.6 Å². The first kappa shape index (κ1) is 5.53. The van der Waals surface area contributed by atoms with Gasteiger partial charge in [-0.2, -0.15) is 0 Å². The van der Waals surface area contributed by atoms with Crippen molar-refractivity contribution in [3.63, 3.8) is 0 Å². The van der Waals surface area contributed by atoms with E-state index in [1.54, 1.807) is 0 Å². The molecule has 0 aliphatic carbocycles. The van der Waals surface area contributed by atoms with Crippen LogP contribution in [-0.2, 0) is 9.53 Å². The van der Waals surface area contributed by atoms with E-state index in [-0.39, 0.29) is 6.42 Å². The summed E-state index contributed by atoms with van der Waals surface area (Å²) in [4.78, 5) is 10.2. The van der Waals surface area contributed by atoms with E-state index in [0.717, 1.165) is 0 Å². The quantitative estimate of drug-likeness (QED) is 0.382. The standard InChI is InChI=1S/C4H7NO3/c5-2-1-3(6)8-4(2)7/h2,4,7H,1,5H2/t2-,4-/m0/s1. The van der Waals surface area contributed by atoms with Gasteiger partial charge in [-0.25, -0.2) is 0 Å². The summed E-state index contributed by atoms with van der Waals surface area (Å²) in [6.45, 7) is 0. The minimum atomic E-state index is -1.08. The average molecular weight is 117 g/mol. The van der Waals surface area contributed by atoms with Crippen LogP contribution in [0.1, 0.15) is 6.42 Å². The monoisotopic (exact) mass is 117 g/mol.